The van der Waals surface area contributed by atoms with E-state index in [1.165, 1.54) is 12.3 Å². The normalized spacial score (nSPS) is 8.00. The molecule has 54 valence electrons. The average Bonchev–Trinajstić information content (AvgIpc) is 1.90. The van der Waals surface area contributed by atoms with Crippen LogP contribution in [0, 0.1) is 0 Å². The monoisotopic (exact) mass is 335 g/mol. The Morgan fingerprint density at radius 2 is 2.20 bits per heavy atom. The minimum absolute atomic E-state index is 0. The summed E-state index contributed by atoms with van der Waals surface area (Å²) >= 11 is 0. The van der Waals surface area contributed by atoms with Crippen LogP contribution in [0.2, 0.25) is 0 Å². The molecule has 0 saturated heterocycles. The second-order valence-corrected chi connectivity index (χ2v) is 1.52. The first-order valence-electron chi connectivity index (χ1n) is 2.45. The summed E-state index contributed by atoms with van der Waals surface area (Å²) in [5, 5.41) is 8.32. The van der Waals surface area contributed by atoms with Gasteiger partial charge in [0.25, 0.3) is 0 Å². The van der Waals surface area contributed by atoms with Crippen molar-refractivity contribution in [2.24, 2.45) is 0 Å². The van der Waals surface area contributed by atoms with Crippen LogP contribution in [0.15, 0.2) is 24.4 Å². The van der Waals surface area contributed by atoms with Crippen LogP contribution in [-0.4, -0.2) is 42.3 Å². The molecule has 10 heavy (non-hydrogen) atoms. The molecule has 0 spiro atoms. The number of aromatic carboxylic acids is 1. The third kappa shape index (κ3) is 2.40. The van der Waals surface area contributed by atoms with Crippen LogP contribution < -0.4 is 0 Å². The zero-order chi connectivity index (χ0) is 6.69. The molecule has 0 fully saturated rings. The van der Waals surface area contributed by atoms with E-state index in [1.54, 1.807) is 12.1 Å². The number of hydrogen-bond acceptors (Lipinski definition) is 2. The maximum atomic E-state index is 10.1. The first-order chi connectivity index (χ1) is 4.30. The predicted molar refractivity (Wildman–Crippen MR) is 41.1 cm³/mol. The van der Waals surface area contributed by atoms with Crippen molar-refractivity contribution in [2.45, 2.75) is 0 Å². The standard InChI is InChI=1S/C6H5NO2.Bi.3H/c8-6(9)5-3-1-2-4-7-5;;;;/h1-4H,(H,8,9);;;;. The van der Waals surface area contributed by atoms with Crippen LogP contribution in [0.3, 0.4) is 0 Å². The van der Waals surface area contributed by atoms with Crippen molar-refractivity contribution < 1.29 is 9.90 Å². The summed E-state index contributed by atoms with van der Waals surface area (Å²) in [5.41, 5.74) is 0.0810. The van der Waals surface area contributed by atoms with Crippen LogP contribution in [0.25, 0.3) is 0 Å². The SMILES string of the molecule is O=C(O)c1ccccn1.[BiH3]. The Labute approximate surface area is 77.2 Å². The second-order valence-electron chi connectivity index (χ2n) is 1.52. The quantitative estimate of drug-likeness (QED) is 0.711. The van der Waals surface area contributed by atoms with Crippen molar-refractivity contribution in [1.29, 1.82) is 0 Å². The summed E-state index contributed by atoms with van der Waals surface area (Å²) in [6.07, 6.45) is 1.45. The van der Waals surface area contributed by atoms with Crippen molar-refractivity contribution in [3.63, 3.8) is 0 Å². The molecule has 1 N–H and O–H groups in total. The molecule has 0 atom stereocenters. The van der Waals surface area contributed by atoms with Gasteiger partial charge in [-0.25, -0.2) is 9.78 Å². The number of carbonyl (C=O) groups is 1. The summed E-state index contributed by atoms with van der Waals surface area (Å²) in [6, 6.07) is 4.76. The van der Waals surface area contributed by atoms with Crippen LogP contribution in [0.4, 0.5) is 0 Å². The van der Waals surface area contributed by atoms with Crippen LogP contribution in [-0.2, 0) is 0 Å². The summed E-state index contributed by atoms with van der Waals surface area (Å²) in [4.78, 5) is 13.7. The van der Waals surface area contributed by atoms with Crippen molar-refractivity contribution in [3.05, 3.63) is 30.1 Å². The maximum absolute atomic E-state index is 10.1. The minimum atomic E-state index is -0.990. The number of rotatable bonds is 1. The zero-order valence-electron chi connectivity index (χ0n) is 5.32. The predicted octanol–water partition coefficient (Wildman–Crippen LogP) is -0.404. The number of nitrogens with zero attached hydrogens (tertiary/aromatic N) is 1. The van der Waals surface area contributed by atoms with E-state index >= 15 is 0 Å². The molecule has 0 unspecified atom stereocenters. The van der Waals surface area contributed by atoms with Gasteiger partial charge in [-0.3, -0.25) is 0 Å². The molecule has 0 aromatic carbocycles. The molecule has 3 nitrogen and oxygen atoms in total. The zero-order valence-corrected chi connectivity index (χ0v) is 10.8. The Morgan fingerprint density at radius 1 is 1.50 bits per heavy atom. The molecular formula is C6H8BiNO2. The molecule has 0 radical (unpaired) electrons. The van der Waals surface area contributed by atoms with Gasteiger partial charge in [0, 0.05) is 6.20 Å². The van der Waals surface area contributed by atoms with E-state index in [9.17, 15) is 4.79 Å². The van der Waals surface area contributed by atoms with Gasteiger partial charge in [0.05, 0.1) is 0 Å². The summed E-state index contributed by atoms with van der Waals surface area (Å²) in [7, 11) is 0. The Hall–Kier alpha value is -0.497. The number of hydrogen-bond donors (Lipinski definition) is 1. The summed E-state index contributed by atoms with van der Waals surface area (Å²) in [6.45, 7) is 0. The van der Waals surface area contributed by atoms with E-state index in [2.05, 4.69) is 4.98 Å². The number of pyridine rings is 1. The molecule has 0 saturated carbocycles. The Bertz CT molecular complexity index is 212. The average molecular weight is 335 g/mol. The van der Waals surface area contributed by atoms with Crippen LogP contribution in [0.5, 0.6) is 0 Å². The van der Waals surface area contributed by atoms with Gasteiger partial charge in [0.15, 0.2) is 0 Å². The second kappa shape index (κ2) is 4.34. The summed E-state index contributed by atoms with van der Waals surface area (Å²) in [5.74, 6) is -0.990. The van der Waals surface area contributed by atoms with Crippen molar-refractivity contribution >= 4 is 32.2 Å². The molecule has 1 aromatic heterocycles. The van der Waals surface area contributed by atoms with Gasteiger partial charge < -0.3 is 5.11 Å². The number of carboxylic acids is 1. The molecule has 0 amide bonds. The Morgan fingerprint density at radius 3 is 2.50 bits per heavy atom. The van der Waals surface area contributed by atoms with E-state index in [1.807, 2.05) is 0 Å². The first-order valence-corrected chi connectivity index (χ1v) is 2.45. The van der Waals surface area contributed by atoms with E-state index < -0.39 is 5.97 Å². The van der Waals surface area contributed by atoms with Crippen molar-refractivity contribution in [3.8, 4) is 0 Å². The fourth-order valence-electron chi connectivity index (χ4n) is 0.489. The number of aromatic nitrogens is 1. The van der Waals surface area contributed by atoms with Gasteiger partial charge >= 0.3 is 32.2 Å². The van der Waals surface area contributed by atoms with Gasteiger partial charge in [-0.05, 0) is 12.1 Å². The fraction of sp³-hybridized carbons (Fsp3) is 0. The molecule has 0 aliphatic rings. The molecule has 1 heterocycles. The van der Waals surface area contributed by atoms with E-state index in [-0.39, 0.29) is 31.9 Å². The topological polar surface area (TPSA) is 50.2 Å². The van der Waals surface area contributed by atoms with Crippen LogP contribution in [0.1, 0.15) is 10.5 Å². The molecule has 1 rings (SSSR count). The van der Waals surface area contributed by atoms with Gasteiger partial charge in [-0.15, -0.1) is 0 Å². The van der Waals surface area contributed by atoms with Crippen molar-refractivity contribution in [2.75, 3.05) is 0 Å². The van der Waals surface area contributed by atoms with E-state index in [0.29, 0.717) is 0 Å². The van der Waals surface area contributed by atoms with E-state index in [0.717, 1.165) is 0 Å². The third-order valence-electron chi connectivity index (χ3n) is 0.884. The van der Waals surface area contributed by atoms with Gasteiger partial charge in [0.2, 0.25) is 0 Å². The van der Waals surface area contributed by atoms with Gasteiger partial charge in [0.1, 0.15) is 5.69 Å². The van der Waals surface area contributed by atoms with Crippen LogP contribution >= 0.6 is 0 Å². The Kier molecular flexibility index (Phi) is 4.12. The van der Waals surface area contributed by atoms with Crippen molar-refractivity contribution in [1.82, 2.24) is 4.98 Å². The first kappa shape index (κ1) is 9.50. The Balaban J connectivity index is 0.000000810. The molecule has 4 heteroatoms. The third-order valence-corrected chi connectivity index (χ3v) is 0.884. The van der Waals surface area contributed by atoms with E-state index in [4.69, 9.17) is 5.11 Å². The molecule has 0 aliphatic heterocycles. The molecule has 0 bridgehead atoms. The molecular weight excluding hydrogens is 327 g/mol. The fourth-order valence-corrected chi connectivity index (χ4v) is 0.489. The molecule has 1 aromatic rings. The molecule has 0 aliphatic carbocycles. The number of carboxylic acid groups (broad SMARTS) is 1. The van der Waals surface area contributed by atoms with Gasteiger partial charge in [-0.2, -0.15) is 0 Å². The van der Waals surface area contributed by atoms with Gasteiger partial charge in [-0.1, -0.05) is 6.07 Å². The summed E-state index contributed by atoms with van der Waals surface area (Å²) < 4.78 is 0.